The van der Waals surface area contributed by atoms with Crippen molar-refractivity contribution in [3.05, 3.63) is 0 Å². The van der Waals surface area contributed by atoms with Crippen LogP contribution in [0.3, 0.4) is 0 Å². The van der Waals surface area contributed by atoms with Crippen LogP contribution in [0.1, 0.15) is 88.0 Å². The van der Waals surface area contributed by atoms with Crippen LogP contribution in [-0.4, -0.2) is 108 Å². The fourth-order valence-corrected chi connectivity index (χ4v) is 8.52. The fourth-order valence-electron chi connectivity index (χ4n) is 7.73. The lowest BCUT2D eigenvalue weighted by Crippen LogP contribution is -2.62. The highest BCUT2D eigenvalue weighted by Gasteiger charge is 2.53. The second kappa shape index (κ2) is 16.6. The molecule has 0 aromatic carbocycles. The lowest BCUT2D eigenvalue weighted by Gasteiger charge is -2.46. The number of nitrogens with one attached hydrogen (secondary N) is 1. The van der Waals surface area contributed by atoms with Crippen molar-refractivity contribution in [2.75, 3.05) is 27.2 Å². The van der Waals surface area contributed by atoms with E-state index in [-0.39, 0.29) is 29.8 Å². The molecule has 3 aliphatic heterocycles. The maximum Gasteiger partial charge on any atom is 0.317 e. The van der Waals surface area contributed by atoms with Gasteiger partial charge in [0.05, 0.1) is 29.4 Å². The minimum atomic E-state index is -1.27. The van der Waals surface area contributed by atoms with Crippen LogP contribution in [-0.2, 0) is 38.1 Å². The molecule has 3 heterocycles. The highest BCUT2D eigenvalue weighted by atomic mass is 127. The van der Waals surface area contributed by atoms with Crippen LogP contribution in [0, 0.1) is 36.0 Å². The second-order valence-electron chi connectivity index (χ2n) is 15.2. The number of carbonyl (C=O) groups excluding carboxylic acids is 3. The summed E-state index contributed by atoms with van der Waals surface area (Å²) in [7, 11) is 3.69. The van der Waals surface area contributed by atoms with Crippen LogP contribution in [0.15, 0.2) is 4.99 Å². The van der Waals surface area contributed by atoms with Gasteiger partial charge in [0, 0.05) is 56.6 Å². The Bertz CT molecular complexity index is 1220. The SMILES string of the molecule is C#CCCN(C)[C@@H]1C[C@H](O[C@@H]2[C@@H](C)C(=O)[C@@H](C)C(=O)O[C@H](I)[C@@](C)(OC=O)[C@@H]3NCC(C)(C)N=C([C@H](C)C[C@@]2(C)OC)[C@@H]3C)O[C@H](C)C1. The molecule has 3 rings (SSSR count). The molecular weight excluding hydrogens is 729 g/mol. The molecule has 1 N–H and O–H groups in total. The van der Waals surface area contributed by atoms with E-state index in [0.717, 1.165) is 18.7 Å². The molecule has 48 heavy (non-hydrogen) atoms. The van der Waals surface area contributed by atoms with Gasteiger partial charge in [0.25, 0.3) is 6.47 Å². The summed E-state index contributed by atoms with van der Waals surface area (Å²) in [6.07, 6.45) is 6.60. The van der Waals surface area contributed by atoms with Crippen molar-refractivity contribution < 1.29 is 38.1 Å². The van der Waals surface area contributed by atoms with Gasteiger partial charge in [-0.1, -0.05) is 20.8 Å². The summed E-state index contributed by atoms with van der Waals surface area (Å²) in [5.41, 5.74) is -1.84. The summed E-state index contributed by atoms with van der Waals surface area (Å²) in [6, 6.07) is -0.288. The number of ether oxygens (including phenoxy) is 5. The number of hydrogen-bond donors (Lipinski definition) is 1. The normalized spacial score (nSPS) is 41.3. The van der Waals surface area contributed by atoms with E-state index in [4.69, 9.17) is 35.1 Å². The largest absolute Gasteiger partial charge is 0.455 e. The number of rotatable bonds is 8. The van der Waals surface area contributed by atoms with Crippen LogP contribution >= 0.6 is 22.6 Å². The van der Waals surface area contributed by atoms with Crippen molar-refractivity contribution in [3.8, 4) is 12.3 Å². The summed E-state index contributed by atoms with van der Waals surface area (Å²) in [5, 5.41) is 3.58. The third-order valence-electron chi connectivity index (χ3n) is 10.7. The number of hydrogen-bond acceptors (Lipinski definition) is 11. The molecule has 12 heteroatoms. The molecule has 2 saturated heterocycles. The van der Waals surface area contributed by atoms with Gasteiger partial charge in [-0.15, -0.1) is 12.3 Å². The summed E-state index contributed by atoms with van der Waals surface area (Å²) in [4.78, 5) is 47.2. The molecular formula is C36H58IN3O8. The number of nitrogens with zero attached hydrogens (tertiary/aromatic N) is 2. The van der Waals surface area contributed by atoms with Gasteiger partial charge in [0.1, 0.15) is 5.92 Å². The summed E-state index contributed by atoms with van der Waals surface area (Å²) >= 11 is 1.99. The molecule has 0 unspecified atom stereocenters. The third-order valence-corrected chi connectivity index (χ3v) is 12.2. The number of cyclic esters (lactones) is 1. The first-order chi connectivity index (χ1) is 22.3. The molecule has 11 nitrogen and oxygen atoms in total. The maximum absolute atomic E-state index is 14.2. The van der Waals surface area contributed by atoms with E-state index in [1.807, 2.05) is 36.4 Å². The molecule has 0 amide bonds. The predicted octanol–water partition coefficient (Wildman–Crippen LogP) is 4.57. The lowest BCUT2D eigenvalue weighted by atomic mass is 9.74. The minimum absolute atomic E-state index is 0.0791. The monoisotopic (exact) mass is 787 g/mol. The molecule has 272 valence electrons. The van der Waals surface area contributed by atoms with Crippen molar-refractivity contribution in [3.63, 3.8) is 0 Å². The predicted molar refractivity (Wildman–Crippen MR) is 193 cm³/mol. The number of esters is 1. The van der Waals surface area contributed by atoms with Crippen LogP contribution in [0.2, 0.25) is 0 Å². The first-order valence-electron chi connectivity index (χ1n) is 17.2. The van der Waals surface area contributed by atoms with Crippen molar-refractivity contribution in [1.29, 1.82) is 0 Å². The lowest BCUT2D eigenvalue weighted by molar-refractivity contribution is -0.262. The average Bonchev–Trinajstić information content (AvgIpc) is 3.15. The Hall–Kier alpha value is -1.63. The molecule has 3 aliphatic rings. The zero-order valence-electron chi connectivity index (χ0n) is 30.7. The molecule has 0 aliphatic carbocycles. The van der Waals surface area contributed by atoms with Crippen molar-refractivity contribution in [2.24, 2.45) is 28.7 Å². The van der Waals surface area contributed by atoms with Gasteiger partial charge in [-0.25, -0.2) is 0 Å². The zero-order valence-corrected chi connectivity index (χ0v) is 32.9. The smallest absolute Gasteiger partial charge is 0.317 e. The molecule has 0 radical (unpaired) electrons. The summed E-state index contributed by atoms with van der Waals surface area (Å²) in [5.74, 6) is -0.578. The zero-order chi connectivity index (χ0) is 36.2. The van der Waals surface area contributed by atoms with E-state index in [1.165, 1.54) is 0 Å². The van der Waals surface area contributed by atoms with Crippen LogP contribution in [0.4, 0.5) is 0 Å². The Balaban J connectivity index is 2.13. The Morgan fingerprint density at radius 2 is 1.79 bits per heavy atom. The summed E-state index contributed by atoms with van der Waals surface area (Å²) in [6.45, 7) is 19.0. The fraction of sp³-hybridized carbons (Fsp3) is 0.833. The van der Waals surface area contributed by atoms with E-state index in [9.17, 15) is 14.4 Å². The number of carbonyl (C=O) groups is 3. The highest BCUT2D eigenvalue weighted by molar-refractivity contribution is 14.1. The number of aliphatic imine (C=N–C) groups is 1. The van der Waals surface area contributed by atoms with Crippen molar-refractivity contribution in [2.45, 2.75) is 139 Å². The van der Waals surface area contributed by atoms with E-state index in [0.29, 0.717) is 32.3 Å². The molecule has 2 fully saturated rings. The van der Waals surface area contributed by atoms with Gasteiger partial charge in [-0.05, 0) is 89.9 Å². The van der Waals surface area contributed by atoms with E-state index < -0.39 is 57.1 Å². The van der Waals surface area contributed by atoms with Gasteiger partial charge in [0.15, 0.2) is 21.8 Å². The number of halogens is 1. The van der Waals surface area contributed by atoms with Crippen LogP contribution in [0.25, 0.3) is 0 Å². The number of ketones is 1. The van der Waals surface area contributed by atoms with Crippen LogP contribution < -0.4 is 5.32 Å². The van der Waals surface area contributed by atoms with Crippen molar-refractivity contribution in [1.82, 2.24) is 10.2 Å². The average molecular weight is 788 g/mol. The number of fused-ring (bicyclic) bond motifs is 2. The Morgan fingerprint density at radius 1 is 1.12 bits per heavy atom. The molecule has 0 saturated carbocycles. The maximum atomic E-state index is 14.2. The Morgan fingerprint density at radius 3 is 2.40 bits per heavy atom. The Kier molecular flexibility index (Phi) is 14.1. The third kappa shape index (κ3) is 9.18. The Labute approximate surface area is 301 Å². The van der Waals surface area contributed by atoms with Gasteiger partial charge >= 0.3 is 5.97 Å². The minimum Gasteiger partial charge on any atom is -0.455 e. The molecule has 2 bridgehead atoms. The van der Waals surface area contributed by atoms with Gasteiger partial charge < -0.3 is 33.9 Å². The topological polar surface area (TPSA) is 125 Å². The van der Waals surface area contributed by atoms with Gasteiger partial charge in [0.2, 0.25) is 0 Å². The standard InChI is InChI=1S/C36H58IN3O8/c1-13-14-15-40(11)26-16-22(3)46-27(17-26)47-31-24(5)29(42)25(6)32(43)48-33(37)36(10,45-20-41)30-23(4)28(39-34(7,8)19-38-30)21(2)18-35(31,9)44-12/h1,20-27,30-31,33,38H,14-19H2,2-12H3/t21-,22-,23+,24+,25-,26+,27+,30-,31-,33+,35-,36+/m1/s1. The number of methoxy groups -OCH3 is 1. The molecule has 12 atom stereocenters. The quantitative estimate of drug-likeness (QED) is 0.0935. The van der Waals surface area contributed by atoms with Crippen LogP contribution in [0.5, 0.6) is 0 Å². The number of terminal acetylenes is 1. The molecule has 0 aromatic heterocycles. The molecule has 0 spiro atoms. The number of alkyl halides is 1. The van der Waals surface area contributed by atoms with E-state index in [2.05, 4.69) is 50.9 Å². The molecule has 0 aromatic rings. The van der Waals surface area contributed by atoms with E-state index in [1.54, 1.807) is 27.9 Å². The highest BCUT2D eigenvalue weighted by Crippen LogP contribution is 2.40. The van der Waals surface area contributed by atoms with E-state index >= 15 is 0 Å². The second-order valence-corrected chi connectivity index (χ2v) is 16.3. The van der Waals surface area contributed by atoms with Gasteiger partial charge in [-0.2, -0.15) is 0 Å². The number of Topliss-reactive ketones (excluding diaryl/α,β-unsaturated/α-hetero) is 1. The summed E-state index contributed by atoms with van der Waals surface area (Å²) < 4.78 is 30.3. The first-order valence-corrected chi connectivity index (χ1v) is 18.4. The first kappa shape index (κ1) is 40.8. The van der Waals surface area contributed by atoms with Crippen molar-refractivity contribution >= 4 is 46.5 Å². The van der Waals surface area contributed by atoms with Gasteiger partial charge in [-0.3, -0.25) is 19.4 Å².